The van der Waals surface area contributed by atoms with Gasteiger partial charge in [-0.1, -0.05) is 18.1 Å². The Morgan fingerprint density at radius 2 is 2.10 bits per heavy atom. The van der Waals surface area contributed by atoms with Gasteiger partial charge in [0.2, 0.25) is 5.95 Å². The van der Waals surface area contributed by atoms with Crippen molar-refractivity contribution in [1.29, 1.82) is 0 Å². The van der Waals surface area contributed by atoms with Crippen LogP contribution in [-0.4, -0.2) is 28.9 Å². The molecule has 0 aliphatic heterocycles. The highest BCUT2D eigenvalue weighted by atomic mass is 16.5. The first kappa shape index (κ1) is 20.8. The van der Waals surface area contributed by atoms with E-state index in [2.05, 4.69) is 20.6 Å². The molecule has 2 N–H and O–H groups in total. The van der Waals surface area contributed by atoms with E-state index in [4.69, 9.17) is 4.74 Å². The molecular weight excluding hydrogens is 364 g/mol. The number of allylic oxidation sites excluding steroid dienone is 2. The number of carbonyl (C=O) groups excluding carboxylic acids is 1. The Kier molecular flexibility index (Phi) is 6.86. The van der Waals surface area contributed by atoms with Crippen LogP contribution in [0, 0.1) is 12.8 Å². The van der Waals surface area contributed by atoms with Crippen molar-refractivity contribution in [3.8, 4) is 5.75 Å². The van der Waals surface area contributed by atoms with Gasteiger partial charge in [-0.25, -0.2) is 4.98 Å². The lowest BCUT2D eigenvalue weighted by Crippen LogP contribution is -2.31. The van der Waals surface area contributed by atoms with Gasteiger partial charge in [0, 0.05) is 35.5 Å². The summed E-state index contributed by atoms with van der Waals surface area (Å²) in [5.41, 5.74) is 2.91. The van der Waals surface area contributed by atoms with E-state index in [1.54, 1.807) is 13.2 Å². The highest BCUT2D eigenvalue weighted by Gasteiger charge is 2.26. The van der Waals surface area contributed by atoms with Crippen LogP contribution >= 0.6 is 0 Å². The average molecular weight is 395 g/mol. The number of aromatic nitrogens is 2. The van der Waals surface area contributed by atoms with E-state index in [-0.39, 0.29) is 17.7 Å². The van der Waals surface area contributed by atoms with Gasteiger partial charge in [0.25, 0.3) is 0 Å². The number of carbonyl (C=O) groups is 1. The second kappa shape index (κ2) is 9.54. The molecule has 1 fully saturated rings. The molecule has 6 nitrogen and oxygen atoms in total. The molecule has 1 aliphatic rings. The van der Waals surface area contributed by atoms with Crippen LogP contribution < -0.4 is 15.4 Å². The molecule has 3 rings (SSSR count). The minimum Gasteiger partial charge on any atom is -0.497 e. The lowest BCUT2D eigenvalue weighted by atomic mass is 9.82. The Morgan fingerprint density at radius 1 is 1.28 bits per heavy atom. The molecule has 0 saturated heterocycles. The minimum atomic E-state index is 0.0904. The minimum absolute atomic E-state index is 0.0904. The maximum atomic E-state index is 12.4. The van der Waals surface area contributed by atoms with Gasteiger partial charge in [-0.15, -0.1) is 0 Å². The van der Waals surface area contributed by atoms with E-state index in [9.17, 15) is 4.79 Å². The Labute approximate surface area is 172 Å². The van der Waals surface area contributed by atoms with Crippen LogP contribution in [0.5, 0.6) is 5.75 Å². The molecule has 1 aromatic heterocycles. The standard InChI is InChI=1S/C23H30N4O2/c1-15(2)11-21(28)17-7-5-8-18(12-17)25-22-16(3)14-24-23(27-22)26-19-9-6-10-20(13-19)29-4/h6,9-11,13-14,17-18H,5,7-8,12H2,1-4H3,(H2,24,25,26,27)/t17?,18-/m1/s1. The van der Waals surface area contributed by atoms with Crippen LogP contribution in [0.3, 0.4) is 0 Å². The summed E-state index contributed by atoms with van der Waals surface area (Å²) < 4.78 is 5.26. The molecule has 0 bridgehead atoms. The zero-order valence-electron chi connectivity index (χ0n) is 17.7. The maximum Gasteiger partial charge on any atom is 0.229 e. The van der Waals surface area contributed by atoms with Gasteiger partial charge >= 0.3 is 0 Å². The third-order valence-electron chi connectivity index (χ3n) is 5.15. The number of benzene rings is 1. The summed E-state index contributed by atoms with van der Waals surface area (Å²) in [7, 11) is 1.64. The smallest absolute Gasteiger partial charge is 0.229 e. The monoisotopic (exact) mass is 394 g/mol. The van der Waals surface area contributed by atoms with E-state index in [1.165, 1.54) is 0 Å². The van der Waals surface area contributed by atoms with Crippen molar-refractivity contribution < 1.29 is 9.53 Å². The third kappa shape index (κ3) is 5.79. The van der Waals surface area contributed by atoms with Gasteiger partial charge in [-0.2, -0.15) is 4.98 Å². The van der Waals surface area contributed by atoms with Crippen molar-refractivity contribution in [3.05, 3.63) is 47.7 Å². The van der Waals surface area contributed by atoms with Crippen molar-refractivity contribution in [2.75, 3.05) is 17.7 Å². The molecule has 1 heterocycles. The summed E-state index contributed by atoms with van der Waals surface area (Å²) >= 11 is 0. The second-order valence-corrected chi connectivity index (χ2v) is 7.91. The van der Waals surface area contributed by atoms with Crippen LogP contribution in [0.4, 0.5) is 17.5 Å². The highest BCUT2D eigenvalue weighted by molar-refractivity contribution is 5.92. The van der Waals surface area contributed by atoms with Crippen molar-refractivity contribution in [3.63, 3.8) is 0 Å². The highest BCUT2D eigenvalue weighted by Crippen LogP contribution is 2.29. The van der Waals surface area contributed by atoms with E-state index >= 15 is 0 Å². The number of hydrogen-bond donors (Lipinski definition) is 2. The van der Waals surface area contributed by atoms with Crippen LogP contribution in [0.25, 0.3) is 0 Å². The van der Waals surface area contributed by atoms with Crippen molar-refractivity contribution >= 4 is 23.2 Å². The summed E-state index contributed by atoms with van der Waals surface area (Å²) in [6.07, 6.45) is 7.48. The predicted octanol–water partition coefficient (Wildman–Crippen LogP) is 5.04. The lowest BCUT2D eigenvalue weighted by molar-refractivity contribution is -0.119. The number of hydrogen-bond acceptors (Lipinski definition) is 6. The first-order chi connectivity index (χ1) is 13.9. The van der Waals surface area contributed by atoms with Crippen LogP contribution in [0.15, 0.2) is 42.1 Å². The molecule has 1 aromatic carbocycles. The van der Waals surface area contributed by atoms with Crippen LogP contribution in [-0.2, 0) is 4.79 Å². The summed E-state index contributed by atoms with van der Waals surface area (Å²) in [5.74, 6) is 2.45. The molecule has 1 aliphatic carbocycles. The number of rotatable bonds is 7. The van der Waals surface area contributed by atoms with E-state index in [0.29, 0.717) is 5.95 Å². The Hall–Kier alpha value is -2.89. The number of methoxy groups -OCH3 is 1. The van der Waals surface area contributed by atoms with Crippen molar-refractivity contribution in [2.24, 2.45) is 5.92 Å². The normalized spacial score (nSPS) is 18.6. The number of aryl methyl sites for hydroxylation is 1. The fraction of sp³-hybridized carbons (Fsp3) is 0.435. The van der Waals surface area contributed by atoms with Gasteiger partial charge in [0.1, 0.15) is 11.6 Å². The molecular formula is C23H30N4O2. The average Bonchev–Trinajstić information content (AvgIpc) is 2.70. The SMILES string of the molecule is COc1cccc(Nc2ncc(C)c(N[C@@H]3CCCC(C(=O)C=C(C)C)C3)n2)c1. The molecule has 0 spiro atoms. The number of ether oxygens (including phenoxy) is 1. The maximum absolute atomic E-state index is 12.4. The van der Waals surface area contributed by atoms with Gasteiger partial charge in [-0.3, -0.25) is 4.79 Å². The second-order valence-electron chi connectivity index (χ2n) is 7.91. The molecule has 1 saturated carbocycles. The van der Waals surface area contributed by atoms with E-state index < -0.39 is 0 Å². The molecule has 2 atom stereocenters. The third-order valence-corrected chi connectivity index (χ3v) is 5.15. The van der Waals surface area contributed by atoms with Crippen LogP contribution in [0.2, 0.25) is 0 Å². The molecule has 0 amide bonds. The van der Waals surface area contributed by atoms with Gasteiger partial charge in [0.05, 0.1) is 7.11 Å². The van der Waals surface area contributed by atoms with Gasteiger partial charge < -0.3 is 15.4 Å². The molecule has 154 valence electrons. The summed E-state index contributed by atoms with van der Waals surface area (Å²) in [6, 6.07) is 7.89. The number of nitrogens with one attached hydrogen (secondary N) is 2. The molecule has 2 aromatic rings. The van der Waals surface area contributed by atoms with Gasteiger partial charge in [-0.05, 0) is 58.2 Å². The van der Waals surface area contributed by atoms with Crippen LogP contribution in [0.1, 0.15) is 45.1 Å². The quantitative estimate of drug-likeness (QED) is 0.641. The van der Waals surface area contributed by atoms with Crippen molar-refractivity contribution in [2.45, 2.75) is 52.5 Å². The molecule has 29 heavy (non-hydrogen) atoms. The first-order valence-electron chi connectivity index (χ1n) is 10.1. The molecule has 1 unspecified atom stereocenters. The fourth-order valence-corrected chi connectivity index (χ4v) is 3.65. The Bertz CT molecular complexity index is 890. The molecule has 6 heteroatoms. The summed E-state index contributed by atoms with van der Waals surface area (Å²) in [5, 5.41) is 6.78. The zero-order valence-corrected chi connectivity index (χ0v) is 17.7. The Balaban J connectivity index is 1.69. The number of anilines is 3. The fourth-order valence-electron chi connectivity index (χ4n) is 3.65. The number of ketones is 1. The number of nitrogens with zero attached hydrogens (tertiary/aromatic N) is 2. The summed E-state index contributed by atoms with van der Waals surface area (Å²) in [6.45, 7) is 5.93. The first-order valence-corrected chi connectivity index (χ1v) is 10.1. The topological polar surface area (TPSA) is 76.1 Å². The van der Waals surface area contributed by atoms with Gasteiger partial charge in [0.15, 0.2) is 5.78 Å². The zero-order chi connectivity index (χ0) is 20.8. The Morgan fingerprint density at radius 3 is 2.86 bits per heavy atom. The molecule has 0 radical (unpaired) electrons. The largest absolute Gasteiger partial charge is 0.497 e. The van der Waals surface area contributed by atoms with Crippen molar-refractivity contribution in [1.82, 2.24) is 9.97 Å². The lowest BCUT2D eigenvalue weighted by Gasteiger charge is -2.29. The van der Waals surface area contributed by atoms with E-state index in [0.717, 1.165) is 54.1 Å². The van der Waals surface area contributed by atoms with E-state index in [1.807, 2.05) is 51.2 Å². The summed E-state index contributed by atoms with van der Waals surface area (Å²) in [4.78, 5) is 21.5. The predicted molar refractivity (Wildman–Crippen MR) is 117 cm³/mol.